The summed E-state index contributed by atoms with van der Waals surface area (Å²) in [6.45, 7) is 3.62. The zero-order chi connectivity index (χ0) is 8.97. The van der Waals surface area contributed by atoms with Gasteiger partial charge in [-0.05, 0) is 19.9 Å². The van der Waals surface area contributed by atoms with E-state index >= 15 is 0 Å². The summed E-state index contributed by atoms with van der Waals surface area (Å²) in [5.41, 5.74) is 0. The molecule has 0 unspecified atom stereocenters. The molecule has 0 atom stereocenters. The number of nitrogens with zero attached hydrogens (tertiary/aromatic N) is 2. The molecule has 0 spiro atoms. The average Bonchev–Trinajstić information content (AvgIpc) is 2.36. The van der Waals surface area contributed by atoms with Crippen molar-refractivity contribution in [1.29, 1.82) is 0 Å². The van der Waals surface area contributed by atoms with Crippen molar-refractivity contribution >= 4 is 22.4 Å². The van der Waals surface area contributed by atoms with Crippen molar-refractivity contribution < 1.29 is 4.79 Å². The monoisotopic (exact) mass is 183 g/mol. The molecule has 4 nitrogen and oxygen atoms in total. The van der Waals surface area contributed by atoms with Gasteiger partial charge in [0.25, 0.3) is 0 Å². The number of aryl methyl sites for hydroxylation is 1. The quantitative estimate of drug-likeness (QED) is 0.704. The van der Waals surface area contributed by atoms with Gasteiger partial charge in [-0.1, -0.05) is 17.4 Å². The number of aromatic nitrogens is 2. The molecule has 1 heterocycles. The number of amides is 1. The Bertz CT molecular complexity index is 305. The highest BCUT2D eigenvalue weighted by molar-refractivity contribution is 7.15. The Morgan fingerprint density at radius 3 is 2.83 bits per heavy atom. The van der Waals surface area contributed by atoms with Gasteiger partial charge in [0.15, 0.2) is 0 Å². The van der Waals surface area contributed by atoms with E-state index in [9.17, 15) is 4.79 Å². The Morgan fingerprint density at radius 2 is 2.33 bits per heavy atom. The Kier molecular flexibility index (Phi) is 2.93. The predicted molar refractivity (Wildman–Crippen MR) is 48.1 cm³/mol. The molecule has 0 aromatic carbocycles. The molecule has 0 fully saturated rings. The third-order valence-electron chi connectivity index (χ3n) is 1.07. The largest absolute Gasteiger partial charge is 0.297 e. The van der Waals surface area contributed by atoms with Crippen LogP contribution in [0.15, 0.2) is 12.2 Å². The van der Waals surface area contributed by atoms with Gasteiger partial charge >= 0.3 is 0 Å². The number of allylic oxidation sites excluding steroid dienone is 1. The van der Waals surface area contributed by atoms with Crippen LogP contribution in [0.4, 0.5) is 5.13 Å². The first-order chi connectivity index (χ1) is 5.72. The van der Waals surface area contributed by atoms with Crippen molar-refractivity contribution in [2.75, 3.05) is 5.32 Å². The van der Waals surface area contributed by atoms with Crippen molar-refractivity contribution in [2.24, 2.45) is 0 Å². The van der Waals surface area contributed by atoms with E-state index in [2.05, 4.69) is 15.5 Å². The van der Waals surface area contributed by atoms with Crippen molar-refractivity contribution in [3.63, 3.8) is 0 Å². The number of nitrogens with one attached hydrogen (secondary N) is 1. The lowest BCUT2D eigenvalue weighted by Crippen LogP contribution is -2.07. The van der Waals surface area contributed by atoms with Crippen molar-refractivity contribution in [1.82, 2.24) is 10.2 Å². The molecule has 1 aromatic rings. The van der Waals surface area contributed by atoms with Gasteiger partial charge in [0.2, 0.25) is 11.0 Å². The number of anilines is 1. The second-order valence-electron chi connectivity index (χ2n) is 2.12. The highest BCUT2D eigenvalue weighted by atomic mass is 32.1. The van der Waals surface area contributed by atoms with Crippen LogP contribution < -0.4 is 5.32 Å². The standard InChI is InChI=1S/C7H9N3OS/c1-3-4-6(11)8-7-10-9-5(2)12-7/h3-4H,1-2H3,(H,8,10,11). The van der Waals surface area contributed by atoms with Gasteiger partial charge in [-0.15, -0.1) is 10.2 Å². The fourth-order valence-electron chi connectivity index (χ4n) is 0.646. The van der Waals surface area contributed by atoms with Crippen LogP contribution in [0, 0.1) is 6.92 Å². The molecule has 1 aromatic heterocycles. The molecule has 64 valence electrons. The van der Waals surface area contributed by atoms with E-state index in [4.69, 9.17) is 0 Å². The number of hydrogen-bond acceptors (Lipinski definition) is 4. The Labute approximate surface area is 74.3 Å². The molecule has 12 heavy (non-hydrogen) atoms. The van der Waals surface area contributed by atoms with Gasteiger partial charge < -0.3 is 0 Å². The number of carbonyl (C=O) groups excluding carboxylic acids is 1. The molecule has 0 saturated carbocycles. The topological polar surface area (TPSA) is 54.9 Å². The molecule has 1 rings (SSSR count). The Morgan fingerprint density at radius 1 is 1.58 bits per heavy atom. The van der Waals surface area contributed by atoms with Gasteiger partial charge in [-0.2, -0.15) is 0 Å². The van der Waals surface area contributed by atoms with Crippen molar-refractivity contribution in [3.8, 4) is 0 Å². The predicted octanol–water partition coefficient (Wildman–Crippen LogP) is 1.36. The minimum absolute atomic E-state index is 0.173. The first-order valence-electron chi connectivity index (χ1n) is 3.46. The van der Waals surface area contributed by atoms with Gasteiger partial charge in [-0.3, -0.25) is 10.1 Å². The van der Waals surface area contributed by atoms with Crippen LogP contribution in [0.2, 0.25) is 0 Å². The molecule has 0 saturated heterocycles. The Balaban J connectivity index is 2.58. The minimum atomic E-state index is -0.173. The van der Waals surface area contributed by atoms with E-state index in [1.54, 1.807) is 13.0 Å². The van der Waals surface area contributed by atoms with E-state index in [-0.39, 0.29) is 5.91 Å². The van der Waals surface area contributed by atoms with Crippen molar-refractivity contribution in [3.05, 3.63) is 17.2 Å². The van der Waals surface area contributed by atoms with Gasteiger partial charge in [0.05, 0.1) is 0 Å². The summed E-state index contributed by atoms with van der Waals surface area (Å²) in [6, 6.07) is 0. The van der Waals surface area contributed by atoms with Gasteiger partial charge in [0.1, 0.15) is 5.01 Å². The summed E-state index contributed by atoms with van der Waals surface area (Å²) < 4.78 is 0. The maximum atomic E-state index is 11.0. The van der Waals surface area contributed by atoms with Gasteiger partial charge in [-0.25, -0.2) is 0 Å². The van der Waals surface area contributed by atoms with Crippen molar-refractivity contribution in [2.45, 2.75) is 13.8 Å². The normalized spacial score (nSPS) is 10.5. The van der Waals surface area contributed by atoms with Crippen LogP contribution in [-0.2, 0) is 4.79 Å². The van der Waals surface area contributed by atoms with Crippen LogP contribution in [0.3, 0.4) is 0 Å². The third-order valence-corrected chi connectivity index (χ3v) is 1.83. The van der Waals surface area contributed by atoms with Crippen LogP contribution in [-0.4, -0.2) is 16.1 Å². The van der Waals surface area contributed by atoms with Crippen LogP contribution >= 0.6 is 11.3 Å². The number of hydrogen-bond donors (Lipinski definition) is 1. The van der Waals surface area contributed by atoms with Crippen LogP contribution in [0.25, 0.3) is 0 Å². The summed E-state index contributed by atoms with van der Waals surface area (Å²) in [7, 11) is 0. The molecule has 1 amide bonds. The Hall–Kier alpha value is -1.23. The second kappa shape index (κ2) is 3.96. The summed E-state index contributed by atoms with van der Waals surface area (Å²) in [6.07, 6.45) is 3.11. The van der Waals surface area contributed by atoms with E-state index in [0.29, 0.717) is 5.13 Å². The van der Waals surface area contributed by atoms with E-state index in [0.717, 1.165) is 5.01 Å². The van der Waals surface area contributed by atoms with Crippen LogP contribution in [0.1, 0.15) is 11.9 Å². The molecule has 0 aliphatic heterocycles. The first kappa shape index (κ1) is 8.86. The summed E-state index contributed by atoms with van der Waals surface area (Å²) >= 11 is 1.35. The number of rotatable bonds is 2. The highest BCUT2D eigenvalue weighted by Crippen LogP contribution is 2.13. The maximum Gasteiger partial charge on any atom is 0.249 e. The van der Waals surface area contributed by atoms with E-state index < -0.39 is 0 Å². The number of carbonyl (C=O) groups is 1. The van der Waals surface area contributed by atoms with Crippen LogP contribution in [0.5, 0.6) is 0 Å². The lowest BCUT2D eigenvalue weighted by atomic mass is 10.5. The maximum absolute atomic E-state index is 11.0. The first-order valence-corrected chi connectivity index (χ1v) is 4.28. The molecule has 5 heteroatoms. The molecule has 1 N–H and O–H groups in total. The second-order valence-corrected chi connectivity index (χ2v) is 3.30. The molecule has 0 radical (unpaired) electrons. The highest BCUT2D eigenvalue weighted by Gasteiger charge is 2.01. The van der Waals surface area contributed by atoms with E-state index in [1.807, 2.05) is 6.92 Å². The molecule has 0 bridgehead atoms. The molecule has 0 aliphatic rings. The van der Waals surface area contributed by atoms with E-state index in [1.165, 1.54) is 17.4 Å². The lowest BCUT2D eigenvalue weighted by molar-refractivity contribution is -0.111. The lowest BCUT2D eigenvalue weighted by Gasteiger charge is -1.91. The third kappa shape index (κ3) is 2.43. The zero-order valence-corrected chi connectivity index (χ0v) is 7.68. The van der Waals surface area contributed by atoms with Gasteiger partial charge in [0, 0.05) is 0 Å². The molecular weight excluding hydrogens is 174 g/mol. The molecule has 0 aliphatic carbocycles. The fourth-order valence-corrected chi connectivity index (χ4v) is 1.24. The average molecular weight is 183 g/mol. The summed E-state index contributed by atoms with van der Waals surface area (Å²) in [4.78, 5) is 11.0. The smallest absolute Gasteiger partial charge is 0.249 e. The summed E-state index contributed by atoms with van der Waals surface area (Å²) in [5.74, 6) is -0.173. The zero-order valence-electron chi connectivity index (χ0n) is 6.87. The SMILES string of the molecule is CC=CC(=O)Nc1nnc(C)s1. The summed E-state index contributed by atoms with van der Waals surface area (Å²) in [5, 5.41) is 11.5. The minimum Gasteiger partial charge on any atom is -0.297 e. The molecular formula is C7H9N3OS. The fraction of sp³-hybridized carbons (Fsp3) is 0.286.